The number of rotatable bonds is 5. The third kappa shape index (κ3) is 3.72. The topological polar surface area (TPSA) is 80.3 Å². The number of carbonyl (C=O) groups excluding carboxylic acids is 2. The zero-order chi connectivity index (χ0) is 16.9. The van der Waals surface area contributed by atoms with Crippen LogP contribution in [0.1, 0.15) is 22.3 Å². The van der Waals surface area contributed by atoms with Crippen molar-refractivity contribution in [3.8, 4) is 0 Å². The molecular formula is C16H15N3O3S2. The van der Waals surface area contributed by atoms with Gasteiger partial charge in [-0.15, -0.1) is 22.7 Å². The summed E-state index contributed by atoms with van der Waals surface area (Å²) in [4.78, 5) is 28.0. The lowest BCUT2D eigenvalue weighted by Crippen LogP contribution is -2.31. The lowest BCUT2D eigenvalue weighted by molar-refractivity contribution is 0.0926. The van der Waals surface area contributed by atoms with Crippen LogP contribution in [0.4, 0.5) is 9.80 Å². The van der Waals surface area contributed by atoms with Crippen LogP contribution < -0.4 is 10.6 Å². The fourth-order valence-electron chi connectivity index (χ4n) is 2.10. The molecule has 0 aliphatic rings. The fraction of sp³-hybridized carbons (Fsp3) is 0.188. The number of hydrogen-bond acceptors (Lipinski definition) is 7. The van der Waals surface area contributed by atoms with Gasteiger partial charge in [-0.25, -0.2) is 9.78 Å². The summed E-state index contributed by atoms with van der Waals surface area (Å²) in [6.07, 6.45) is -0.745. The van der Waals surface area contributed by atoms with Crippen LogP contribution in [0.2, 0.25) is 0 Å². The standard InChI is InChI=1S/C16H15N3O3S2/c1-2-22-16(21)19-14(20)10-7-8-23-15(10)17-9-13-18-11-5-3-4-6-12(11)24-13/h3-8,17H,2,9H2,1H3,(H,19,20,21). The molecule has 8 heteroatoms. The third-order valence-corrected chi connectivity index (χ3v) is 5.05. The highest BCUT2D eigenvalue weighted by Gasteiger charge is 2.16. The van der Waals surface area contributed by atoms with E-state index in [2.05, 4.69) is 15.6 Å². The number of imide groups is 1. The predicted molar refractivity (Wildman–Crippen MR) is 95.8 cm³/mol. The molecule has 0 radical (unpaired) electrons. The number of hydrogen-bond donors (Lipinski definition) is 2. The molecule has 2 amide bonds. The van der Waals surface area contributed by atoms with Gasteiger partial charge in [-0.05, 0) is 30.5 Å². The molecule has 124 valence electrons. The number of amides is 2. The molecule has 6 nitrogen and oxygen atoms in total. The molecule has 2 aromatic heterocycles. The Hall–Kier alpha value is -2.45. The summed E-state index contributed by atoms with van der Waals surface area (Å²) in [6.45, 7) is 2.41. The molecule has 0 unspecified atom stereocenters. The van der Waals surface area contributed by atoms with Crippen molar-refractivity contribution in [1.82, 2.24) is 10.3 Å². The number of nitrogens with one attached hydrogen (secondary N) is 2. The van der Waals surface area contributed by atoms with Crippen molar-refractivity contribution in [1.29, 1.82) is 0 Å². The molecule has 0 fully saturated rings. The molecule has 0 saturated heterocycles. The largest absolute Gasteiger partial charge is 0.450 e. The zero-order valence-corrected chi connectivity index (χ0v) is 14.5. The number of ether oxygens (including phenoxy) is 1. The van der Waals surface area contributed by atoms with Crippen molar-refractivity contribution in [3.05, 3.63) is 46.3 Å². The van der Waals surface area contributed by atoms with Gasteiger partial charge >= 0.3 is 6.09 Å². The minimum atomic E-state index is -0.745. The second-order valence-corrected chi connectivity index (χ2v) is 6.80. The lowest BCUT2D eigenvalue weighted by Gasteiger charge is -2.06. The van der Waals surface area contributed by atoms with Gasteiger partial charge in [-0.1, -0.05) is 12.1 Å². The Morgan fingerprint density at radius 3 is 2.88 bits per heavy atom. The third-order valence-electron chi connectivity index (χ3n) is 3.14. The highest BCUT2D eigenvalue weighted by molar-refractivity contribution is 7.18. The molecule has 2 N–H and O–H groups in total. The summed E-state index contributed by atoms with van der Waals surface area (Å²) in [5.74, 6) is -0.485. The number of alkyl carbamates (subject to hydrolysis) is 1. The summed E-state index contributed by atoms with van der Waals surface area (Å²) in [5.41, 5.74) is 1.37. The molecule has 3 rings (SSSR count). The van der Waals surface area contributed by atoms with E-state index in [-0.39, 0.29) is 6.61 Å². The smallest absolute Gasteiger partial charge is 0.414 e. The maximum absolute atomic E-state index is 12.1. The Kier molecular flexibility index (Phi) is 5.07. The Balaban J connectivity index is 1.67. The van der Waals surface area contributed by atoms with Crippen molar-refractivity contribution in [2.75, 3.05) is 11.9 Å². The fourth-order valence-corrected chi connectivity index (χ4v) is 3.79. The maximum Gasteiger partial charge on any atom is 0.414 e. The van der Waals surface area contributed by atoms with Gasteiger partial charge < -0.3 is 10.1 Å². The van der Waals surface area contributed by atoms with E-state index in [1.807, 2.05) is 24.3 Å². The second-order valence-electron chi connectivity index (χ2n) is 4.77. The molecule has 0 aliphatic heterocycles. The molecular weight excluding hydrogens is 346 g/mol. The van der Waals surface area contributed by atoms with E-state index in [0.29, 0.717) is 17.1 Å². The normalized spacial score (nSPS) is 10.5. The van der Waals surface area contributed by atoms with E-state index < -0.39 is 12.0 Å². The van der Waals surface area contributed by atoms with Gasteiger partial charge in [0.05, 0.1) is 28.9 Å². The van der Waals surface area contributed by atoms with Crippen LogP contribution in [-0.2, 0) is 11.3 Å². The number of carbonyl (C=O) groups is 2. The number of thiophene rings is 1. The number of fused-ring (bicyclic) bond motifs is 1. The summed E-state index contributed by atoms with van der Waals surface area (Å²) < 4.78 is 5.84. The lowest BCUT2D eigenvalue weighted by atomic mass is 10.3. The number of aromatic nitrogens is 1. The monoisotopic (exact) mass is 361 g/mol. The molecule has 1 aromatic carbocycles. The summed E-state index contributed by atoms with van der Waals surface area (Å²) >= 11 is 3.00. The van der Waals surface area contributed by atoms with Gasteiger partial charge in [0, 0.05) is 0 Å². The Morgan fingerprint density at radius 2 is 2.08 bits per heavy atom. The van der Waals surface area contributed by atoms with Crippen LogP contribution in [-0.4, -0.2) is 23.6 Å². The van der Waals surface area contributed by atoms with Crippen LogP contribution in [0, 0.1) is 0 Å². The number of thiazole rings is 1. The highest BCUT2D eigenvalue weighted by Crippen LogP contribution is 2.26. The van der Waals surface area contributed by atoms with Crippen LogP contribution in [0.5, 0.6) is 0 Å². The van der Waals surface area contributed by atoms with Crippen LogP contribution in [0.15, 0.2) is 35.7 Å². The van der Waals surface area contributed by atoms with Crippen molar-refractivity contribution in [2.45, 2.75) is 13.5 Å². The molecule has 0 atom stereocenters. The van der Waals surface area contributed by atoms with Crippen LogP contribution in [0.3, 0.4) is 0 Å². The van der Waals surface area contributed by atoms with Gasteiger partial charge in [0.15, 0.2) is 0 Å². The van der Waals surface area contributed by atoms with Crippen molar-refractivity contribution < 1.29 is 14.3 Å². The number of benzene rings is 1. The first-order valence-corrected chi connectivity index (χ1v) is 9.01. The molecule has 0 spiro atoms. The quantitative estimate of drug-likeness (QED) is 0.721. The van der Waals surface area contributed by atoms with E-state index in [1.54, 1.807) is 29.7 Å². The molecule has 0 saturated carbocycles. The first-order chi connectivity index (χ1) is 11.7. The minimum absolute atomic E-state index is 0.214. The average molecular weight is 361 g/mol. The average Bonchev–Trinajstić information content (AvgIpc) is 3.19. The van der Waals surface area contributed by atoms with Crippen LogP contribution in [0.25, 0.3) is 10.2 Å². The van der Waals surface area contributed by atoms with Gasteiger partial charge in [0.2, 0.25) is 0 Å². The minimum Gasteiger partial charge on any atom is -0.450 e. The van der Waals surface area contributed by atoms with Gasteiger partial charge in [0.1, 0.15) is 10.0 Å². The van der Waals surface area contributed by atoms with Gasteiger partial charge in [0.25, 0.3) is 5.91 Å². The van der Waals surface area contributed by atoms with E-state index in [1.165, 1.54) is 11.3 Å². The Labute approximate surface area is 146 Å². The zero-order valence-electron chi connectivity index (χ0n) is 12.9. The van der Waals surface area contributed by atoms with E-state index >= 15 is 0 Å². The number of para-hydroxylation sites is 1. The van der Waals surface area contributed by atoms with Gasteiger partial charge in [-0.3, -0.25) is 10.1 Å². The first kappa shape index (κ1) is 16.4. The Morgan fingerprint density at radius 1 is 1.25 bits per heavy atom. The van der Waals surface area contributed by atoms with Crippen molar-refractivity contribution in [2.24, 2.45) is 0 Å². The molecule has 24 heavy (non-hydrogen) atoms. The van der Waals surface area contributed by atoms with Gasteiger partial charge in [-0.2, -0.15) is 0 Å². The molecule has 0 bridgehead atoms. The van der Waals surface area contributed by atoms with Crippen molar-refractivity contribution in [3.63, 3.8) is 0 Å². The molecule has 0 aliphatic carbocycles. The number of anilines is 1. The van der Waals surface area contributed by atoms with E-state index in [4.69, 9.17) is 4.74 Å². The Bertz CT molecular complexity index is 839. The van der Waals surface area contributed by atoms with Crippen molar-refractivity contribution >= 4 is 49.9 Å². The second kappa shape index (κ2) is 7.41. The summed E-state index contributed by atoms with van der Waals surface area (Å²) in [7, 11) is 0. The van der Waals surface area contributed by atoms with E-state index in [9.17, 15) is 9.59 Å². The predicted octanol–water partition coefficient (Wildman–Crippen LogP) is 3.86. The summed E-state index contributed by atoms with van der Waals surface area (Å²) in [6, 6.07) is 9.60. The summed E-state index contributed by atoms with van der Waals surface area (Å²) in [5, 5.41) is 8.82. The van der Waals surface area contributed by atoms with E-state index in [0.717, 1.165) is 15.2 Å². The first-order valence-electron chi connectivity index (χ1n) is 7.31. The molecule has 2 heterocycles. The maximum atomic E-state index is 12.1. The molecule has 3 aromatic rings. The SMILES string of the molecule is CCOC(=O)NC(=O)c1ccsc1NCc1nc2ccccc2s1. The number of nitrogens with zero attached hydrogens (tertiary/aromatic N) is 1. The highest BCUT2D eigenvalue weighted by atomic mass is 32.1. The van der Waals surface area contributed by atoms with Crippen LogP contribution >= 0.6 is 22.7 Å².